The molecule has 4 nitrogen and oxygen atoms in total. The summed E-state index contributed by atoms with van der Waals surface area (Å²) in [5, 5.41) is 6.11. The first-order valence-corrected chi connectivity index (χ1v) is 8.02. The molecular formula is C19H13F5N2O2. The Morgan fingerprint density at radius 2 is 1.79 bits per heavy atom. The van der Waals surface area contributed by atoms with E-state index in [0.29, 0.717) is 6.07 Å². The SMILES string of the molecule is Cc1noc(-c2cccc(C(F)(F)F)c2)c1C(=O)NCc1cc(F)cc(F)c1. The van der Waals surface area contributed by atoms with Crippen LogP contribution in [0.3, 0.4) is 0 Å². The smallest absolute Gasteiger partial charge is 0.355 e. The normalized spacial score (nSPS) is 11.5. The molecule has 1 aromatic heterocycles. The van der Waals surface area contributed by atoms with Gasteiger partial charge in [-0.2, -0.15) is 13.2 Å². The van der Waals surface area contributed by atoms with Crippen molar-refractivity contribution in [2.45, 2.75) is 19.6 Å². The summed E-state index contributed by atoms with van der Waals surface area (Å²) < 4.78 is 70.3. The second kappa shape index (κ2) is 7.41. The van der Waals surface area contributed by atoms with Crippen LogP contribution in [0, 0.1) is 18.6 Å². The van der Waals surface area contributed by atoms with Gasteiger partial charge in [-0.05, 0) is 36.8 Å². The van der Waals surface area contributed by atoms with Gasteiger partial charge in [0, 0.05) is 18.2 Å². The Morgan fingerprint density at radius 3 is 2.43 bits per heavy atom. The molecule has 0 aliphatic heterocycles. The number of carbonyl (C=O) groups is 1. The van der Waals surface area contributed by atoms with E-state index in [-0.39, 0.29) is 34.7 Å². The fourth-order valence-electron chi connectivity index (χ4n) is 2.65. The van der Waals surface area contributed by atoms with E-state index in [2.05, 4.69) is 10.5 Å². The van der Waals surface area contributed by atoms with Crippen molar-refractivity contribution in [3.63, 3.8) is 0 Å². The average molecular weight is 396 g/mol. The highest BCUT2D eigenvalue weighted by Crippen LogP contribution is 2.33. The van der Waals surface area contributed by atoms with Crippen LogP contribution in [0.1, 0.15) is 27.2 Å². The van der Waals surface area contributed by atoms with Crippen molar-refractivity contribution < 1.29 is 31.3 Å². The Kier molecular flexibility index (Phi) is 5.17. The number of aromatic nitrogens is 1. The van der Waals surface area contributed by atoms with E-state index in [4.69, 9.17) is 4.52 Å². The summed E-state index contributed by atoms with van der Waals surface area (Å²) in [7, 11) is 0. The van der Waals surface area contributed by atoms with Crippen molar-refractivity contribution in [1.82, 2.24) is 10.5 Å². The van der Waals surface area contributed by atoms with Gasteiger partial charge in [0.1, 0.15) is 17.2 Å². The third-order valence-electron chi connectivity index (χ3n) is 3.92. The number of rotatable bonds is 4. The van der Waals surface area contributed by atoms with Crippen LogP contribution in [0.5, 0.6) is 0 Å². The van der Waals surface area contributed by atoms with Gasteiger partial charge in [0.15, 0.2) is 5.76 Å². The molecule has 9 heteroatoms. The average Bonchev–Trinajstić information content (AvgIpc) is 3.00. The van der Waals surface area contributed by atoms with Crippen molar-refractivity contribution >= 4 is 5.91 Å². The largest absolute Gasteiger partial charge is 0.416 e. The molecule has 0 bridgehead atoms. The molecule has 3 rings (SSSR count). The fourth-order valence-corrected chi connectivity index (χ4v) is 2.65. The van der Waals surface area contributed by atoms with Crippen molar-refractivity contribution in [2.24, 2.45) is 0 Å². The molecule has 0 radical (unpaired) electrons. The maximum Gasteiger partial charge on any atom is 0.416 e. The van der Waals surface area contributed by atoms with Crippen molar-refractivity contribution in [1.29, 1.82) is 0 Å². The number of alkyl halides is 3. The van der Waals surface area contributed by atoms with E-state index < -0.39 is 29.3 Å². The molecule has 0 saturated heterocycles. The lowest BCUT2D eigenvalue weighted by atomic mass is 10.0. The number of aryl methyl sites for hydroxylation is 1. The molecule has 0 spiro atoms. The van der Waals surface area contributed by atoms with Gasteiger partial charge < -0.3 is 9.84 Å². The summed E-state index contributed by atoms with van der Waals surface area (Å²) in [5.41, 5.74) is -0.592. The van der Waals surface area contributed by atoms with Crippen LogP contribution in [0.4, 0.5) is 22.0 Å². The molecule has 0 unspecified atom stereocenters. The maximum atomic E-state index is 13.2. The molecule has 1 heterocycles. The van der Waals surface area contributed by atoms with Gasteiger partial charge in [-0.3, -0.25) is 4.79 Å². The second-order valence-corrected chi connectivity index (χ2v) is 6.01. The highest BCUT2D eigenvalue weighted by atomic mass is 19.4. The Balaban J connectivity index is 1.87. The third-order valence-corrected chi connectivity index (χ3v) is 3.92. The van der Waals surface area contributed by atoms with E-state index in [0.717, 1.165) is 24.3 Å². The van der Waals surface area contributed by atoms with Crippen LogP contribution < -0.4 is 5.32 Å². The quantitative estimate of drug-likeness (QED) is 0.640. The number of nitrogens with one attached hydrogen (secondary N) is 1. The summed E-state index contributed by atoms with van der Waals surface area (Å²) in [6, 6.07) is 7.08. The van der Waals surface area contributed by atoms with Gasteiger partial charge in [-0.1, -0.05) is 17.3 Å². The van der Waals surface area contributed by atoms with E-state index >= 15 is 0 Å². The summed E-state index contributed by atoms with van der Waals surface area (Å²) in [6.45, 7) is 1.26. The third kappa shape index (κ3) is 4.19. The van der Waals surface area contributed by atoms with E-state index in [1.165, 1.54) is 19.1 Å². The second-order valence-electron chi connectivity index (χ2n) is 6.01. The summed E-state index contributed by atoms with van der Waals surface area (Å²) in [5.74, 6) is -2.42. The number of amides is 1. The number of hydrogen-bond acceptors (Lipinski definition) is 3. The van der Waals surface area contributed by atoms with Crippen molar-refractivity contribution in [2.75, 3.05) is 0 Å². The number of carbonyl (C=O) groups excluding carboxylic acids is 1. The predicted octanol–water partition coefficient (Wildman–Crippen LogP) is 4.88. The molecule has 2 aromatic carbocycles. The molecule has 0 atom stereocenters. The first kappa shape index (κ1) is 19.5. The van der Waals surface area contributed by atoms with Crippen LogP contribution in [0.15, 0.2) is 47.0 Å². The van der Waals surface area contributed by atoms with Crippen LogP contribution in [0.2, 0.25) is 0 Å². The minimum atomic E-state index is -4.56. The molecule has 3 aromatic rings. The van der Waals surface area contributed by atoms with Gasteiger partial charge in [0.2, 0.25) is 0 Å². The molecular weight excluding hydrogens is 383 g/mol. The van der Waals surface area contributed by atoms with Gasteiger partial charge in [0.25, 0.3) is 5.91 Å². The van der Waals surface area contributed by atoms with E-state index in [1.807, 2.05) is 0 Å². The molecule has 0 saturated carbocycles. The zero-order valence-corrected chi connectivity index (χ0v) is 14.4. The highest BCUT2D eigenvalue weighted by molar-refractivity contribution is 6.00. The number of hydrogen-bond donors (Lipinski definition) is 1. The van der Waals surface area contributed by atoms with Crippen LogP contribution in [-0.4, -0.2) is 11.1 Å². The van der Waals surface area contributed by atoms with Crippen LogP contribution >= 0.6 is 0 Å². The standard InChI is InChI=1S/C19H13F5N2O2/c1-10-16(18(27)25-9-11-5-14(20)8-15(21)6-11)17(28-26-10)12-3-2-4-13(7-12)19(22,23)24/h2-8H,9H2,1H3,(H,25,27). The monoisotopic (exact) mass is 396 g/mol. The Morgan fingerprint density at radius 1 is 1.11 bits per heavy atom. The van der Waals surface area contributed by atoms with Crippen LogP contribution in [-0.2, 0) is 12.7 Å². The molecule has 146 valence electrons. The molecule has 0 aliphatic rings. The minimum absolute atomic E-state index is 0.0253. The fraction of sp³-hybridized carbons (Fsp3) is 0.158. The van der Waals surface area contributed by atoms with Crippen molar-refractivity contribution in [3.05, 3.63) is 76.5 Å². The lowest BCUT2D eigenvalue weighted by Gasteiger charge is -2.09. The Hall–Kier alpha value is -3.23. The molecule has 0 aliphatic carbocycles. The number of benzene rings is 2. The highest BCUT2D eigenvalue weighted by Gasteiger charge is 2.31. The lowest BCUT2D eigenvalue weighted by molar-refractivity contribution is -0.137. The van der Waals surface area contributed by atoms with Gasteiger partial charge in [-0.15, -0.1) is 0 Å². The number of halogens is 5. The summed E-state index contributed by atoms with van der Waals surface area (Å²) in [6.07, 6.45) is -4.56. The first-order valence-electron chi connectivity index (χ1n) is 8.02. The van der Waals surface area contributed by atoms with E-state index in [9.17, 15) is 26.7 Å². The lowest BCUT2D eigenvalue weighted by Crippen LogP contribution is -2.23. The van der Waals surface area contributed by atoms with Gasteiger partial charge in [0.05, 0.1) is 11.3 Å². The Labute approximate surface area is 156 Å². The summed E-state index contributed by atoms with van der Waals surface area (Å²) in [4.78, 5) is 12.5. The molecule has 0 fully saturated rings. The molecule has 1 amide bonds. The zero-order chi connectivity index (χ0) is 20.5. The Bertz CT molecular complexity index is 1010. The van der Waals surface area contributed by atoms with Crippen LogP contribution in [0.25, 0.3) is 11.3 Å². The molecule has 1 N–H and O–H groups in total. The van der Waals surface area contributed by atoms with E-state index in [1.54, 1.807) is 0 Å². The first-order chi connectivity index (χ1) is 13.1. The minimum Gasteiger partial charge on any atom is -0.355 e. The topological polar surface area (TPSA) is 55.1 Å². The maximum absolute atomic E-state index is 13.2. The predicted molar refractivity (Wildman–Crippen MR) is 89.2 cm³/mol. The van der Waals surface area contributed by atoms with Crippen molar-refractivity contribution in [3.8, 4) is 11.3 Å². The number of nitrogens with zero attached hydrogens (tertiary/aromatic N) is 1. The molecule has 28 heavy (non-hydrogen) atoms. The van der Waals surface area contributed by atoms with Gasteiger partial charge >= 0.3 is 6.18 Å². The summed E-state index contributed by atoms with van der Waals surface area (Å²) >= 11 is 0. The van der Waals surface area contributed by atoms with Gasteiger partial charge in [-0.25, -0.2) is 8.78 Å². The zero-order valence-electron chi connectivity index (χ0n) is 14.4.